The number of nitrogens with zero attached hydrogens (tertiary/aromatic N) is 7. The number of benzene rings is 2. The molecule has 1 aliphatic rings. The van der Waals surface area contributed by atoms with Gasteiger partial charge < -0.3 is 4.90 Å². The largest absolute Gasteiger partial charge is 0.309 e. The van der Waals surface area contributed by atoms with Crippen LogP contribution < -0.4 is 10.5 Å². The molecule has 1 atom stereocenters. The van der Waals surface area contributed by atoms with E-state index in [0.29, 0.717) is 35.9 Å². The number of tetrazole rings is 1. The quantitative estimate of drug-likeness (QED) is 0.437. The fourth-order valence-corrected chi connectivity index (χ4v) is 5.26. The Kier molecular flexibility index (Phi) is 5.78. The predicted octanol–water partition coefficient (Wildman–Crippen LogP) is 2.89. The van der Waals surface area contributed by atoms with E-state index in [4.69, 9.17) is 0 Å². The summed E-state index contributed by atoms with van der Waals surface area (Å²) in [5, 5.41) is 11.8. The minimum atomic E-state index is -0.501. The maximum Gasteiger partial charge on any atom is 0.297 e. The van der Waals surface area contributed by atoms with Gasteiger partial charge in [0.1, 0.15) is 5.82 Å². The average Bonchev–Trinajstić information content (AvgIpc) is 3.37. The van der Waals surface area contributed by atoms with E-state index < -0.39 is 11.1 Å². The molecule has 1 amide bonds. The molecular weight excluding hydrogens is 457 g/mol. The molecule has 2 aromatic carbocycles. The van der Waals surface area contributed by atoms with Crippen molar-refractivity contribution in [2.24, 2.45) is 7.05 Å². The van der Waals surface area contributed by atoms with Crippen molar-refractivity contribution in [1.29, 1.82) is 0 Å². The smallest absolute Gasteiger partial charge is 0.297 e. The van der Waals surface area contributed by atoms with E-state index >= 15 is 0 Å². The van der Waals surface area contributed by atoms with Crippen LogP contribution in [-0.4, -0.2) is 47.3 Å². The first-order chi connectivity index (χ1) is 16.5. The predicted molar refractivity (Wildman–Crippen MR) is 126 cm³/mol. The Morgan fingerprint density at radius 3 is 2.56 bits per heavy atom. The first kappa shape index (κ1) is 22.1. The third-order valence-electron chi connectivity index (χ3n) is 5.96. The van der Waals surface area contributed by atoms with E-state index in [9.17, 15) is 14.0 Å². The topological polar surface area (TPSA) is 90.8 Å². The summed E-state index contributed by atoms with van der Waals surface area (Å²) in [6, 6.07) is 15.5. The van der Waals surface area contributed by atoms with Crippen molar-refractivity contribution in [3.05, 3.63) is 76.5 Å². The highest BCUT2D eigenvalue weighted by Gasteiger charge is 2.34. The van der Waals surface area contributed by atoms with Gasteiger partial charge >= 0.3 is 0 Å². The molecule has 1 fully saturated rings. The summed E-state index contributed by atoms with van der Waals surface area (Å²) in [6.45, 7) is 2.26. The Hall–Kier alpha value is -3.73. The van der Waals surface area contributed by atoms with Crippen molar-refractivity contribution in [3.63, 3.8) is 0 Å². The van der Waals surface area contributed by atoms with E-state index in [1.807, 2.05) is 37.3 Å². The van der Waals surface area contributed by atoms with Gasteiger partial charge in [-0.3, -0.25) is 14.3 Å². The lowest BCUT2D eigenvalue weighted by Crippen LogP contribution is -2.43. The molecule has 9 nitrogen and oxygen atoms in total. The van der Waals surface area contributed by atoms with Gasteiger partial charge in [-0.05, 0) is 54.5 Å². The molecular formula is C23H22FN7O2S. The minimum absolute atomic E-state index is 0.206. The Morgan fingerprint density at radius 2 is 1.79 bits per heavy atom. The van der Waals surface area contributed by atoms with Crippen LogP contribution in [0.25, 0.3) is 11.4 Å². The van der Waals surface area contributed by atoms with E-state index in [-0.39, 0.29) is 17.2 Å². The van der Waals surface area contributed by atoms with E-state index in [1.54, 1.807) is 34.6 Å². The number of carbonyl (C=O) groups excluding carboxylic acids is 1. The van der Waals surface area contributed by atoms with Crippen molar-refractivity contribution in [3.8, 4) is 11.4 Å². The minimum Gasteiger partial charge on any atom is -0.309 e. The van der Waals surface area contributed by atoms with Gasteiger partial charge in [-0.15, -0.1) is 5.10 Å². The molecule has 0 saturated carbocycles. The molecule has 11 heteroatoms. The lowest BCUT2D eigenvalue weighted by molar-refractivity contribution is -0.119. The van der Waals surface area contributed by atoms with E-state index in [1.165, 1.54) is 27.4 Å². The summed E-state index contributed by atoms with van der Waals surface area (Å²) in [5.74, 6) is -0.643. The number of hydrogen-bond donors (Lipinski definition) is 0. The van der Waals surface area contributed by atoms with Crippen LogP contribution in [0.1, 0.15) is 18.5 Å². The van der Waals surface area contributed by atoms with Crippen molar-refractivity contribution >= 4 is 23.4 Å². The number of thioether (sulfide) groups is 1. The van der Waals surface area contributed by atoms with Gasteiger partial charge in [-0.1, -0.05) is 42.1 Å². The molecule has 1 unspecified atom stereocenters. The summed E-state index contributed by atoms with van der Waals surface area (Å²) >= 11 is 1.19. The van der Waals surface area contributed by atoms with Crippen molar-refractivity contribution in [1.82, 2.24) is 29.6 Å². The first-order valence-electron chi connectivity index (χ1n) is 10.8. The number of rotatable bonds is 5. The van der Waals surface area contributed by atoms with Crippen LogP contribution in [0.4, 0.5) is 10.1 Å². The first-order valence-corrected chi connectivity index (χ1v) is 11.7. The lowest BCUT2D eigenvalue weighted by atomic mass is 10.1. The molecule has 174 valence electrons. The fraction of sp³-hybridized carbons (Fsp3) is 0.261. The summed E-state index contributed by atoms with van der Waals surface area (Å²) in [7, 11) is 1.79. The molecule has 0 N–H and O–H groups in total. The Bertz CT molecular complexity index is 1410. The molecule has 0 bridgehead atoms. The molecule has 0 spiro atoms. The number of aromatic nitrogens is 6. The van der Waals surface area contributed by atoms with Crippen LogP contribution in [0.5, 0.6) is 0 Å². The number of para-hydroxylation sites is 2. The molecule has 1 saturated heterocycles. The van der Waals surface area contributed by atoms with Gasteiger partial charge in [-0.25, -0.2) is 9.07 Å². The second-order valence-electron chi connectivity index (χ2n) is 7.97. The SMILES string of the molecule is Cc1c(-n2nnnc2SC2CCCN(c3ccccc3F)C2=O)c(=O)n(-c2ccccc2)n1C. The Morgan fingerprint density at radius 1 is 1.06 bits per heavy atom. The number of hydrogen-bond acceptors (Lipinski definition) is 6. The normalized spacial score (nSPS) is 16.3. The maximum atomic E-state index is 14.3. The average molecular weight is 480 g/mol. The van der Waals surface area contributed by atoms with Gasteiger partial charge in [0, 0.05) is 13.6 Å². The number of amides is 1. The highest BCUT2D eigenvalue weighted by atomic mass is 32.2. The fourth-order valence-electron chi connectivity index (χ4n) is 4.18. The second kappa shape index (κ2) is 8.90. The van der Waals surface area contributed by atoms with Crippen LogP contribution in [-0.2, 0) is 11.8 Å². The summed E-state index contributed by atoms with van der Waals surface area (Å²) in [5.41, 5.74) is 1.69. The molecule has 2 aromatic heterocycles. The highest BCUT2D eigenvalue weighted by molar-refractivity contribution is 8.00. The standard InChI is InChI=1S/C23H22FN7O2S/c1-15-20(22(33)31(28(15)2)16-9-4-3-5-10-16)30-23(25-26-27-30)34-19-13-8-14-29(21(19)32)18-12-7-6-11-17(18)24/h3-7,9-12,19H,8,13-14H2,1-2H3. The molecule has 3 heterocycles. The monoisotopic (exact) mass is 479 g/mol. The second-order valence-corrected chi connectivity index (χ2v) is 9.14. The van der Waals surface area contributed by atoms with Gasteiger partial charge in [0.15, 0.2) is 5.69 Å². The molecule has 0 radical (unpaired) electrons. The van der Waals surface area contributed by atoms with Crippen molar-refractivity contribution in [2.45, 2.75) is 30.2 Å². The Labute approximate surface area is 198 Å². The van der Waals surface area contributed by atoms with E-state index in [0.717, 1.165) is 5.69 Å². The Balaban J connectivity index is 1.48. The molecule has 4 aromatic rings. The number of carbonyl (C=O) groups is 1. The zero-order valence-corrected chi connectivity index (χ0v) is 19.4. The zero-order valence-electron chi connectivity index (χ0n) is 18.6. The van der Waals surface area contributed by atoms with Gasteiger partial charge in [-0.2, -0.15) is 4.68 Å². The van der Waals surface area contributed by atoms with Crippen LogP contribution in [0, 0.1) is 12.7 Å². The molecule has 34 heavy (non-hydrogen) atoms. The number of anilines is 1. The lowest BCUT2D eigenvalue weighted by Gasteiger charge is -2.31. The van der Waals surface area contributed by atoms with Gasteiger partial charge in [0.2, 0.25) is 11.1 Å². The van der Waals surface area contributed by atoms with Crippen LogP contribution in [0.15, 0.2) is 64.5 Å². The number of halogens is 1. The third kappa shape index (κ3) is 3.71. The molecule has 0 aliphatic carbocycles. The van der Waals surface area contributed by atoms with Crippen LogP contribution in [0.2, 0.25) is 0 Å². The maximum absolute atomic E-state index is 14.3. The summed E-state index contributed by atoms with van der Waals surface area (Å²) in [4.78, 5) is 28.1. The van der Waals surface area contributed by atoms with Crippen LogP contribution >= 0.6 is 11.8 Å². The molecule has 5 rings (SSSR count). The van der Waals surface area contributed by atoms with Gasteiger partial charge in [0.05, 0.1) is 22.3 Å². The summed E-state index contributed by atoms with van der Waals surface area (Å²) < 4.78 is 19.0. The highest BCUT2D eigenvalue weighted by Crippen LogP contribution is 2.33. The van der Waals surface area contributed by atoms with Crippen LogP contribution in [0.3, 0.4) is 0 Å². The van der Waals surface area contributed by atoms with Crippen molar-refractivity contribution in [2.75, 3.05) is 11.4 Å². The summed E-state index contributed by atoms with van der Waals surface area (Å²) in [6.07, 6.45) is 1.31. The van der Waals surface area contributed by atoms with E-state index in [2.05, 4.69) is 15.5 Å². The van der Waals surface area contributed by atoms with Crippen molar-refractivity contribution < 1.29 is 9.18 Å². The number of piperidine rings is 1. The zero-order chi connectivity index (χ0) is 23.8. The third-order valence-corrected chi connectivity index (χ3v) is 7.14. The van der Waals surface area contributed by atoms with Gasteiger partial charge in [0.25, 0.3) is 5.56 Å². The molecule has 1 aliphatic heterocycles.